The molecule has 1 saturated heterocycles. The molecule has 1 fully saturated rings. The molecular weight excluding hydrogens is 240 g/mol. The third-order valence-corrected chi connectivity index (χ3v) is 3.62. The molecule has 0 unspecified atom stereocenters. The topological polar surface area (TPSA) is 50.2 Å². The summed E-state index contributed by atoms with van der Waals surface area (Å²) >= 11 is 0. The van der Waals surface area contributed by atoms with Crippen molar-refractivity contribution < 1.29 is 4.79 Å². The molecule has 0 atom stereocenters. The van der Waals surface area contributed by atoms with Crippen molar-refractivity contribution in [2.24, 2.45) is 7.05 Å². The number of benzene rings is 1. The molecule has 1 aliphatic heterocycles. The Balaban J connectivity index is 1.77. The summed E-state index contributed by atoms with van der Waals surface area (Å²) in [5.74, 6) is 0.175. The van der Waals surface area contributed by atoms with Gasteiger partial charge in [0.05, 0.1) is 23.9 Å². The van der Waals surface area contributed by atoms with Crippen LogP contribution in [-0.4, -0.2) is 53.0 Å². The lowest BCUT2D eigenvalue weighted by atomic mass is 10.1. The highest BCUT2D eigenvalue weighted by Crippen LogP contribution is 2.14. The number of fused-ring (bicyclic) bond motifs is 1. The summed E-state index contributed by atoms with van der Waals surface area (Å²) in [5, 5.41) is 3.29. The van der Waals surface area contributed by atoms with Crippen LogP contribution in [0.3, 0.4) is 0 Å². The van der Waals surface area contributed by atoms with Gasteiger partial charge in [0.15, 0.2) is 5.78 Å². The van der Waals surface area contributed by atoms with Crippen LogP contribution in [0.5, 0.6) is 0 Å². The minimum absolute atomic E-state index is 0.175. The van der Waals surface area contributed by atoms with E-state index >= 15 is 0 Å². The first-order valence-electron chi connectivity index (χ1n) is 6.61. The van der Waals surface area contributed by atoms with Crippen molar-refractivity contribution in [3.8, 4) is 0 Å². The molecule has 0 spiro atoms. The van der Waals surface area contributed by atoms with E-state index in [0.29, 0.717) is 6.54 Å². The molecule has 0 amide bonds. The molecule has 1 aromatic carbocycles. The number of nitrogens with one attached hydrogen (secondary N) is 1. The van der Waals surface area contributed by atoms with Gasteiger partial charge in [0, 0.05) is 38.8 Å². The van der Waals surface area contributed by atoms with Crippen LogP contribution in [0.15, 0.2) is 24.5 Å². The average molecular weight is 258 g/mol. The zero-order valence-electron chi connectivity index (χ0n) is 11.1. The number of rotatable bonds is 3. The van der Waals surface area contributed by atoms with Crippen molar-refractivity contribution in [1.82, 2.24) is 19.8 Å². The Hall–Kier alpha value is -1.72. The average Bonchev–Trinajstić information content (AvgIpc) is 2.81. The quantitative estimate of drug-likeness (QED) is 0.822. The van der Waals surface area contributed by atoms with E-state index in [1.54, 1.807) is 6.33 Å². The van der Waals surface area contributed by atoms with Crippen LogP contribution in [0.1, 0.15) is 10.4 Å². The Morgan fingerprint density at radius 2 is 2.16 bits per heavy atom. The first kappa shape index (κ1) is 12.3. The van der Waals surface area contributed by atoms with Gasteiger partial charge in [0.1, 0.15) is 0 Å². The number of hydrogen-bond donors (Lipinski definition) is 1. The zero-order chi connectivity index (χ0) is 13.2. The SMILES string of the molecule is Cn1cnc2cc(C(=O)CN3CCNCC3)ccc21. The summed E-state index contributed by atoms with van der Waals surface area (Å²) in [5.41, 5.74) is 2.69. The number of ketones is 1. The molecule has 1 aliphatic rings. The second-order valence-electron chi connectivity index (χ2n) is 5.01. The second kappa shape index (κ2) is 5.11. The number of carbonyl (C=O) groups excluding carboxylic acids is 1. The number of nitrogens with zero attached hydrogens (tertiary/aromatic N) is 3. The molecule has 0 radical (unpaired) electrons. The highest BCUT2D eigenvalue weighted by atomic mass is 16.1. The van der Waals surface area contributed by atoms with Crippen molar-refractivity contribution in [1.29, 1.82) is 0 Å². The molecule has 19 heavy (non-hydrogen) atoms. The van der Waals surface area contributed by atoms with E-state index in [0.717, 1.165) is 42.8 Å². The predicted molar refractivity (Wildman–Crippen MR) is 74.4 cm³/mol. The van der Waals surface area contributed by atoms with E-state index in [9.17, 15) is 4.79 Å². The van der Waals surface area contributed by atoms with Crippen molar-refractivity contribution in [3.63, 3.8) is 0 Å². The van der Waals surface area contributed by atoms with Gasteiger partial charge in [-0.3, -0.25) is 9.69 Å². The molecule has 5 nitrogen and oxygen atoms in total. The first-order valence-corrected chi connectivity index (χ1v) is 6.61. The smallest absolute Gasteiger partial charge is 0.176 e. The number of Topliss-reactive ketones (excluding diaryl/α,β-unsaturated/α-hetero) is 1. The van der Waals surface area contributed by atoms with Gasteiger partial charge in [-0.15, -0.1) is 0 Å². The van der Waals surface area contributed by atoms with Gasteiger partial charge < -0.3 is 9.88 Å². The molecular formula is C14H18N4O. The maximum absolute atomic E-state index is 12.3. The largest absolute Gasteiger partial charge is 0.334 e. The van der Waals surface area contributed by atoms with Crippen molar-refractivity contribution in [3.05, 3.63) is 30.1 Å². The summed E-state index contributed by atoms with van der Waals surface area (Å²) in [6.45, 7) is 4.31. The van der Waals surface area contributed by atoms with E-state index in [4.69, 9.17) is 0 Å². The number of aromatic nitrogens is 2. The Bertz CT molecular complexity index is 599. The number of piperazine rings is 1. The molecule has 0 aliphatic carbocycles. The fraction of sp³-hybridized carbons (Fsp3) is 0.429. The molecule has 1 N–H and O–H groups in total. The standard InChI is InChI=1S/C14H18N4O/c1-17-10-16-12-8-11(2-3-13(12)17)14(19)9-18-6-4-15-5-7-18/h2-3,8,10,15H,4-7,9H2,1H3. The van der Waals surface area contributed by atoms with Gasteiger partial charge in [-0.25, -0.2) is 4.98 Å². The molecule has 0 saturated carbocycles. The van der Waals surface area contributed by atoms with E-state index in [2.05, 4.69) is 15.2 Å². The van der Waals surface area contributed by atoms with E-state index in [-0.39, 0.29) is 5.78 Å². The zero-order valence-corrected chi connectivity index (χ0v) is 11.1. The summed E-state index contributed by atoms with van der Waals surface area (Å²) in [7, 11) is 1.96. The van der Waals surface area contributed by atoms with Crippen molar-refractivity contribution in [2.45, 2.75) is 0 Å². The lowest BCUT2D eigenvalue weighted by Crippen LogP contribution is -2.45. The Morgan fingerprint density at radius 3 is 2.95 bits per heavy atom. The highest BCUT2D eigenvalue weighted by molar-refractivity contribution is 6.00. The van der Waals surface area contributed by atoms with Gasteiger partial charge in [-0.05, 0) is 18.2 Å². The van der Waals surface area contributed by atoms with Crippen LogP contribution >= 0.6 is 0 Å². The molecule has 1 aromatic heterocycles. The number of hydrogen-bond acceptors (Lipinski definition) is 4. The lowest BCUT2D eigenvalue weighted by molar-refractivity contribution is 0.0921. The van der Waals surface area contributed by atoms with Crippen LogP contribution < -0.4 is 5.32 Å². The fourth-order valence-electron chi connectivity index (χ4n) is 2.47. The Kier molecular flexibility index (Phi) is 3.31. The number of aryl methyl sites for hydroxylation is 1. The number of carbonyl (C=O) groups is 1. The summed E-state index contributed by atoms with van der Waals surface area (Å²) in [4.78, 5) is 18.8. The molecule has 0 bridgehead atoms. The highest BCUT2D eigenvalue weighted by Gasteiger charge is 2.15. The summed E-state index contributed by atoms with van der Waals surface area (Å²) in [6, 6.07) is 5.75. The van der Waals surface area contributed by atoms with Crippen molar-refractivity contribution in [2.75, 3.05) is 32.7 Å². The maximum Gasteiger partial charge on any atom is 0.176 e. The lowest BCUT2D eigenvalue weighted by Gasteiger charge is -2.26. The van der Waals surface area contributed by atoms with Gasteiger partial charge in [-0.2, -0.15) is 0 Å². The molecule has 2 heterocycles. The van der Waals surface area contributed by atoms with Gasteiger partial charge in [0.2, 0.25) is 0 Å². The van der Waals surface area contributed by atoms with E-state index < -0.39 is 0 Å². The second-order valence-corrected chi connectivity index (χ2v) is 5.01. The molecule has 3 rings (SSSR count). The third kappa shape index (κ3) is 2.52. The summed E-state index contributed by atoms with van der Waals surface area (Å²) < 4.78 is 1.96. The van der Waals surface area contributed by atoms with Crippen LogP contribution in [0, 0.1) is 0 Å². The maximum atomic E-state index is 12.3. The number of imidazole rings is 1. The minimum atomic E-state index is 0.175. The van der Waals surface area contributed by atoms with Gasteiger partial charge in [0.25, 0.3) is 0 Å². The van der Waals surface area contributed by atoms with E-state index in [1.807, 2.05) is 29.8 Å². The van der Waals surface area contributed by atoms with E-state index in [1.165, 1.54) is 0 Å². The van der Waals surface area contributed by atoms with Crippen LogP contribution in [0.25, 0.3) is 11.0 Å². The normalized spacial score (nSPS) is 16.9. The minimum Gasteiger partial charge on any atom is -0.334 e. The van der Waals surface area contributed by atoms with Crippen LogP contribution in [-0.2, 0) is 7.05 Å². The third-order valence-electron chi connectivity index (χ3n) is 3.62. The van der Waals surface area contributed by atoms with Crippen LogP contribution in [0.4, 0.5) is 0 Å². The monoisotopic (exact) mass is 258 g/mol. The first-order chi connectivity index (χ1) is 9.24. The predicted octanol–water partition coefficient (Wildman–Crippen LogP) is 0.661. The summed E-state index contributed by atoms with van der Waals surface area (Å²) in [6.07, 6.45) is 1.77. The van der Waals surface area contributed by atoms with Gasteiger partial charge >= 0.3 is 0 Å². The van der Waals surface area contributed by atoms with Gasteiger partial charge in [-0.1, -0.05) is 0 Å². The fourth-order valence-corrected chi connectivity index (χ4v) is 2.47. The van der Waals surface area contributed by atoms with Crippen LogP contribution in [0.2, 0.25) is 0 Å². The Morgan fingerprint density at radius 1 is 1.37 bits per heavy atom. The molecule has 2 aromatic rings. The molecule has 100 valence electrons. The molecule has 5 heteroatoms. The van der Waals surface area contributed by atoms with Crippen molar-refractivity contribution >= 4 is 16.8 Å². The Labute approximate surface area is 112 Å².